The molecule has 3 rings (SSSR count). The molecular formula is C24H29NO2S. The summed E-state index contributed by atoms with van der Waals surface area (Å²) in [6.07, 6.45) is 5.62. The van der Waals surface area contributed by atoms with E-state index in [1.165, 1.54) is 0 Å². The van der Waals surface area contributed by atoms with Crippen molar-refractivity contribution >= 4 is 16.1 Å². The maximum atomic E-state index is 13.4. The van der Waals surface area contributed by atoms with Crippen LogP contribution in [0.1, 0.15) is 37.8 Å². The van der Waals surface area contributed by atoms with Crippen molar-refractivity contribution in [3.8, 4) is 0 Å². The van der Waals surface area contributed by atoms with E-state index in [0.717, 1.165) is 29.5 Å². The van der Waals surface area contributed by atoms with Gasteiger partial charge in [-0.15, -0.1) is 0 Å². The zero-order valence-corrected chi connectivity index (χ0v) is 17.7. The third kappa shape index (κ3) is 4.45. The Labute approximate surface area is 169 Å². The molecule has 1 saturated heterocycles. The van der Waals surface area contributed by atoms with Gasteiger partial charge in [0, 0.05) is 6.04 Å². The van der Waals surface area contributed by atoms with Crippen LogP contribution in [0.15, 0.2) is 77.7 Å². The molecule has 0 bridgehead atoms. The number of aryl methyl sites for hydroxylation is 1. The molecule has 1 fully saturated rings. The van der Waals surface area contributed by atoms with Crippen molar-refractivity contribution in [2.75, 3.05) is 0 Å². The molecule has 3 nitrogen and oxygen atoms in total. The molecule has 0 aliphatic carbocycles. The molecule has 1 aliphatic rings. The Bertz CT molecular complexity index is 944. The second-order valence-electron chi connectivity index (χ2n) is 8.00. The average Bonchev–Trinajstić information content (AvgIpc) is 2.63. The molecular weight excluding hydrogens is 366 g/mol. The summed E-state index contributed by atoms with van der Waals surface area (Å²) in [7, 11) is -3.55. The summed E-state index contributed by atoms with van der Waals surface area (Å²) >= 11 is 0. The lowest BCUT2D eigenvalue weighted by Gasteiger charge is -2.48. The van der Waals surface area contributed by atoms with Gasteiger partial charge in [-0.25, -0.2) is 8.42 Å². The fourth-order valence-corrected chi connectivity index (χ4v) is 5.56. The van der Waals surface area contributed by atoms with E-state index in [1.54, 1.807) is 16.4 Å². The molecule has 0 unspecified atom stereocenters. The number of rotatable bonds is 7. The van der Waals surface area contributed by atoms with Gasteiger partial charge < -0.3 is 0 Å². The first-order chi connectivity index (χ1) is 13.3. The molecule has 0 amide bonds. The maximum Gasteiger partial charge on any atom is 0.243 e. The highest BCUT2D eigenvalue weighted by Crippen LogP contribution is 2.39. The van der Waals surface area contributed by atoms with Crippen LogP contribution in [0, 0.1) is 12.8 Å². The fraction of sp³-hybridized carbons (Fsp3) is 0.333. The van der Waals surface area contributed by atoms with E-state index in [0.29, 0.717) is 10.8 Å². The Morgan fingerprint density at radius 3 is 2.39 bits per heavy atom. The highest BCUT2D eigenvalue weighted by Gasteiger charge is 2.47. The van der Waals surface area contributed by atoms with Crippen LogP contribution in [-0.2, 0) is 10.0 Å². The number of hydrogen-bond donors (Lipinski definition) is 0. The Morgan fingerprint density at radius 2 is 1.79 bits per heavy atom. The lowest BCUT2D eigenvalue weighted by Crippen LogP contribution is -2.59. The van der Waals surface area contributed by atoms with Crippen molar-refractivity contribution in [2.45, 2.75) is 50.6 Å². The molecule has 148 valence electrons. The van der Waals surface area contributed by atoms with Gasteiger partial charge in [0.1, 0.15) is 0 Å². The van der Waals surface area contributed by atoms with Crippen molar-refractivity contribution < 1.29 is 8.42 Å². The smallest absolute Gasteiger partial charge is 0.207 e. The van der Waals surface area contributed by atoms with E-state index >= 15 is 0 Å². The second kappa shape index (κ2) is 8.46. The third-order valence-corrected chi connectivity index (χ3v) is 7.20. The van der Waals surface area contributed by atoms with Gasteiger partial charge in [-0.1, -0.05) is 80.6 Å². The summed E-state index contributed by atoms with van der Waals surface area (Å²) in [5.41, 5.74) is 2.96. The van der Waals surface area contributed by atoms with Gasteiger partial charge >= 0.3 is 0 Å². The summed E-state index contributed by atoms with van der Waals surface area (Å²) in [6, 6.07) is 16.9. The molecule has 0 spiro atoms. The van der Waals surface area contributed by atoms with Crippen molar-refractivity contribution in [2.24, 2.45) is 5.92 Å². The molecule has 0 N–H and O–H groups in total. The molecule has 0 saturated carbocycles. The summed E-state index contributed by atoms with van der Waals surface area (Å²) in [4.78, 5) is 0.358. The van der Waals surface area contributed by atoms with Crippen LogP contribution in [0.5, 0.6) is 0 Å². The average molecular weight is 396 g/mol. The molecule has 2 aromatic carbocycles. The zero-order valence-electron chi connectivity index (χ0n) is 16.9. The molecule has 0 radical (unpaired) electrons. The number of nitrogens with zero attached hydrogens (tertiary/aromatic N) is 1. The predicted octanol–water partition coefficient (Wildman–Crippen LogP) is 5.44. The summed E-state index contributed by atoms with van der Waals surface area (Å²) in [6.45, 7) is 10.4. The highest BCUT2D eigenvalue weighted by atomic mass is 32.2. The quantitative estimate of drug-likeness (QED) is 0.585. The monoisotopic (exact) mass is 395 g/mol. The molecule has 4 heteroatoms. The lowest BCUT2D eigenvalue weighted by molar-refractivity contribution is 0.119. The van der Waals surface area contributed by atoms with Gasteiger partial charge in [0.05, 0.1) is 10.9 Å². The first-order valence-corrected chi connectivity index (χ1v) is 11.2. The Morgan fingerprint density at radius 1 is 1.14 bits per heavy atom. The number of benzene rings is 2. The Kier molecular flexibility index (Phi) is 6.21. The fourth-order valence-electron chi connectivity index (χ4n) is 3.72. The number of hydrogen-bond acceptors (Lipinski definition) is 2. The summed E-state index contributed by atoms with van der Waals surface area (Å²) in [5, 5.41) is 0. The van der Waals surface area contributed by atoms with E-state index in [-0.39, 0.29) is 12.1 Å². The normalized spacial score (nSPS) is 20.4. The molecule has 1 heterocycles. The second-order valence-corrected chi connectivity index (χ2v) is 9.84. The Balaban J connectivity index is 1.85. The van der Waals surface area contributed by atoms with Gasteiger partial charge in [-0.3, -0.25) is 0 Å². The van der Waals surface area contributed by atoms with Crippen LogP contribution in [-0.4, -0.2) is 24.8 Å². The number of sulfonamides is 1. The van der Waals surface area contributed by atoms with Crippen molar-refractivity contribution in [1.82, 2.24) is 4.31 Å². The van der Waals surface area contributed by atoms with Crippen molar-refractivity contribution in [3.05, 3.63) is 84.0 Å². The van der Waals surface area contributed by atoms with Crippen LogP contribution in [0.25, 0.3) is 6.08 Å². The van der Waals surface area contributed by atoms with E-state index in [2.05, 4.69) is 20.4 Å². The van der Waals surface area contributed by atoms with Crippen molar-refractivity contribution in [3.63, 3.8) is 0 Å². The zero-order chi connectivity index (χ0) is 20.3. The molecule has 28 heavy (non-hydrogen) atoms. The molecule has 2 atom stereocenters. The van der Waals surface area contributed by atoms with E-state index < -0.39 is 10.0 Å². The van der Waals surface area contributed by atoms with E-state index in [4.69, 9.17) is 0 Å². The maximum absolute atomic E-state index is 13.4. The van der Waals surface area contributed by atoms with Gasteiger partial charge in [0.15, 0.2) is 0 Å². The van der Waals surface area contributed by atoms with Crippen LogP contribution < -0.4 is 0 Å². The summed E-state index contributed by atoms with van der Waals surface area (Å²) < 4.78 is 28.4. The topological polar surface area (TPSA) is 37.4 Å². The van der Waals surface area contributed by atoms with Gasteiger partial charge in [-0.2, -0.15) is 4.31 Å². The summed E-state index contributed by atoms with van der Waals surface area (Å²) in [5.74, 6) is 0.440. The predicted molar refractivity (Wildman–Crippen MR) is 116 cm³/mol. The minimum atomic E-state index is -3.55. The van der Waals surface area contributed by atoms with Crippen molar-refractivity contribution in [1.29, 1.82) is 0 Å². The van der Waals surface area contributed by atoms with Gasteiger partial charge in [-0.05, 0) is 49.0 Å². The minimum Gasteiger partial charge on any atom is -0.207 e. The SMILES string of the molecule is C=C(/C=C/c1ccccc1)[C@@H]1C[C@H](CC(C)C)N1S(=O)(=O)c1ccc(C)cc1. The van der Waals surface area contributed by atoms with Crippen LogP contribution in [0.4, 0.5) is 0 Å². The van der Waals surface area contributed by atoms with Gasteiger partial charge in [0.2, 0.25) is 10.0 Å². The van der Waals surface area contributed by atoms with Crippen LogP contribution in [0.3, 0.4) is 0 Å². The third-order valence-electron chi connectivity index (χ3n) is 5.22. The highest BCUT2D eigenvalue weighted by molar-refractivity contribution is 7.89. The molecule has 1 aliphatic heterocycles. The minimum absolute atomic E-state index is 0.0261. The Hall–Kier alpha value is -2.17. The van der Waals surface area contributed by atoms with Crippen LogP contribution >= 0.6 is 0 Å². The van der Waals surface area contributed by atoms with Crippen LogP contribution in [0.2, 0.25) is 0 Å². The lowest BCUT2D eigenvalue weighted by atomic mass is 9.86. The molecule has 0 aromatic heterocycles. The first-order valence-electron chi connectivity index (χ1n) is 9.81. The molecule has 2 aromatic rings. The van der Waals surface area contributed by atoms with E-state index in [1.807, 2.05) is 61.5 Å². The largest absolute Gasteiger partial charge is 0.243 e. The standard InChI is InChI=1S/C24H29NO2S/c1-18(2)16-22-17-24(20(4)12-13-21-8-6-5-7-9-21)25(22)28(26,27)23-14-10-19(3)11-15-23/h5-15,18,22,24H,4,16-17H2,1-3H3/b13-12+/t22-,24-/m0/s1. The van der Waals surface area contributed by atoms with E-state index in [9.17, 15) is 8.42 Å². The first kappa shape index (κ1) is 20.6. The van der Waals surface area contributed by atoms with Gasteiger partial charge in [0.25, 0.3) is 0 Å².